The van der Waals surface area contributed by atoms with Gasteiger partial charge in [0.1, 0.15) is 12.4 Å². The normalized spacial score (nSPS) is 17.9. The van der Waals surface area contributed by atoms with Gasteiger partial charge in [-0.1, -0.05) is 12.8 Å². The molecule has 0 unspecified atom stereocenters. The van der Waals surface area contributed by atoms with Crippen molar-refractivity contribution in [2.75, 3.05) is 18.4 Å². The minimum absolute atomic E-state index is 0.174. The van der Waals surface area contributed by atoms with Crippen molar-refractivity contribution in [1.29, 1.82) is 0 Å². The molecule has 0 aliphatic carbocycles. The number of anilines is 1. The van der Waals surface area contributed by atoms with E-state index >= 15 is 0 Å². The van der Waals surface area contributed by atoms with Crippen LogP contribution in [0.2, 0.25) is 0 Å². The molecule has 0 atom stereocenters. The number of carbonyl (C=O) groups excluding carboxylic acids is 1. The van der Waals surface area contributed by atoms with Gasteiger partial charge in [-0.2, -0.15) is 9.40 Å². The maximum Gasteiger partial charge on any atom is 0.346 e. The minimum Gasteiger partial charge on any atom is -0.324 e. The molecular formula is C20H27N5O4S. The van der Waals surface area contributed by atoms with E-state index < -0.39 is 10.0 Å². The van der Waals surface area contributed by atoms with Crippen LogP contribution in [0.3, 0.4) is 0 Å². The van der Waals surface area contributed by atoms with Gasteiger partial charge < -0.3 is 5.32 Å². The van der Waals surface area contributed by atoms with Gasteiger partial charge in [-0.05, 0) is 49.9 Å². The largest absolute Gasteiger partial charge is 0.346 e. The first-order valence-corrected chi connectivity index (χ1v) is 12.0. The molecular weight excluding hydrogens is 406 g/mol. The van der Waals surface area contributed by atoms with Crippen LogP contribution in [-0.2, 0) is 34.3 Å². The van der Waals surface area contributed by atoms with E-state index in [-0.39, 0.29) is 23.0 Å². The molecule has 4 rings (SSSR count). The predicted octanol–water partition coefficient (Wildman–Crippen LogP) is 1.58. The first-order chi connectivity index (χ1) is 14.4. The van der Waals surface area contributed by atoms with Crippen LogP contribution in [0.5, 0.6) is 0 Å². The third-order valence-electron chi connectivity index (χ3n) is 5.67. The smallest absolute Gasteiger partial charge is 0.324 e. The quantitative estimate of drug-likeness (QED) is 0.771. The number of hydrogen-bond donors (Lipinski definition) is 1. The zero-order chi connectivity index (χ0) is 21.1. The maximum atomic E-state index is 12.7. The van der Waals surface area contributed by atoms with Gasteiger partial charge in [0.15, 0.2) is 0 Å². The second-order valence-electron chi connectivity index (χ2n) is 7.86. The molecule has 2 aromatic rings. The topological polar surface area (TPSA) is 106 Å². The van der Waals surface area contributed by atoms with Gasteiger partial charge in [0, 0.05) is 31.7 Å². The van der Waals surface area contributed by atoms with E-state index in [1.807, 2.05) is 0 Å². The van der Waals surface area contributed by atoms with Crippen molar-refractivity contribution in [3.05, 3.63) is 40.6 Å². The molecule has 162 valence electrons. The molecule has 0 bridgehead atoms. The number of piperidine rings is 1. The first-order valence-electron chi connectivity index (χ1n) is 10.5. The molecule has 1 aromatic carbocycles. The van der Waals surface area contributed by atoms with Gasteiger partial charge in [0.25, 0.3) is 0 Å². The maximum absolute atomic E-state index is 12.7. The van der Waals surface area contributed by atoms with Crippen molar-refractivity contribution in [2.45, 2.75) is 62.9 Å². The summed E-state index contributed by atoms with van der Waals surface area (Å²) in [6, 6.07) is 6.15. The first kappa shape index (κ1) is 20.8. The number of aryl methyl sites for hydroxylation is 1. The lowest BCUT2D eigenvalue weighted by atomic mass is 10.2. The molecule has 0 spiro atoms. The lowest BCUT2D eigenvalue weighted by Crippen LogP contribution is -2.35. The number of rotatable bonds is 5. The molecule has 1 saturated heterocycles. The van der Waals surface area contributed by atoms with Gasteiger partial charge in [-0.3, -0.25) is 9.36 Å². The van der Waals surface area contributed by atoms with E-state index in [0.29, 0.717) is 25.3 Å². The van der Waals surface area contributed by atoms with Gasteiger partial charge >= 0.3 is 5.69 Å². The highest BCUT2D eigenvalue weighted by Gasteiger charge is 2.25. The summed E-state index contributed by atoms with van der Waals surface area (Å²) < 4.78 is 29.8. The summed E-state index contributed by atoms with van der Waals surface area (Å²) in [6.07, 6.45) is 6.57. The number of carbonyl (C=O) groups is 1. The van der Waals surface area contributed by atoms with Crippen molar-refractivity contribution in [3.8, 4) is 0 Å². The Balaban J connectivity index is 1.41. The molecule has 1 amide bonds. The van der Waals surface area contributed by atoms with Crippen molar-refractivity contribution < 1.29 is 13.2 Å². The molecule has 2 aliphatic heterocycles. The average Bonchev–Trinajstić information content (AvgIpc) is 2.91. The molecule has 3 heterocycles. The van der Waals surface area contributed by atoms with Crippen LogP contribution < -0.4 is 11.0 Å². The molecule has 9 nitrogen and oxygen atoms in total. The Kier molecular flexibility index (Phi) is 6.05. The number of fused-ring (bicyclic) bond motifs is 1. The van der Waals surface area contributed by atoms with Crippen molar-refractivity contribution in [2.24, 2.45) is 0 Å². The SMILES string of the molecule is O=C(Cn1nc2n(c1=O)CCCCC2)Nc1ccc(S(=O)(=O)N2CCCCC2)cc1. The van der Waals surface area contributed by atoms with Crippen molar-refractivity contribution in [1.82, 2.24) is 18.7 Å². The highest BCUT2D eigenvalue weighted by atomic mass is 32.2. The molecule has 10 heteroatoms. The van der Waals surface area contributed by atoms with Crippen LogP contribution in [0.1, 0.15) is 44.3 Å². The Labute approximate surface area is 175 Å². The molecule has 1 aromatic heterocycles. The number of nitrogens with zero attached hydrogens (tertiary/aromatic N) is 4. The number of amides is 1. The summed E-state index contributed by atoms with van der Waals surface area (Å²) in [6.45, 7) is 1.56. The van der Waals surface area contributed by atoms with Crippen LogP contribution in [0.4, 0.5) is 5.69 Å². The second-order valence-corrected chi connectivity index (χ2v) is 9.79. The lowest BCUT2D eigenvalue weighted by Gasteiger charge is -2.25. The van der Waals surface area contributed by atoms with E-state index in [9.17, 15) is 18.0 Å². The molecule has 2 aliphatic rings. The Morgan fingerprint density at radius 3 is 2.37 bits per heavy atom. The van der Waals surface area contributed by atoms with E-state index in [1.165, 1.54) is 21.1 Å². The summed E-state index contributed by atoms with van der Waals surface area (Å²) in [5.74, 6) is 0.356. The monoisotopic (exact) mass is 433 g/mol. The van der Waals surface area contributed by atoms with Gasteiger partial charge in [0.05, 0.1) is 4.90 Å². The Bertz CT molecular complexity index is 1070. The van der Waals surface area contributed by atoms with E-state index in [4.69, 9.17) is 0 Å². The van der Waals surface area contributed by atoms with Gasteiger partial charge in [-0.25, -0.2) is 17.9 Å². The number of sulfonamides is 1. The van der Waals surface area contributed by atoms with E-state index in [0.717, 1.165) is 50.8 Å². The lowest BCUT2D eigenvalue weighted by molar-refractivity contribution is -0.117. The number of hydrogen-bond acceptors (Lipinski definition) is 5. The van der Waals surface area contributed by atoms with Crippen LogP contribution in [0, 0.1) is 0 Å². The van der Waals surface area contributed by atoms with E-state index in [1.54, 1.807) is 16.7 Å². The molecule has 0 saturated carbocycles. The highest BCUT2D eigenvalue weighted by Crippen LogP contribution is 2.22. The Hall–Kier alpha value is -2.46. The van der Waals surface area contributed by atoms with Crippen LogP contribution in [-0.4, -0.2) is 46.1 Å². The fourth-order valence-corrected chi connectivity index (χ4v) is 5.55. The summed E-state index contributed by atoms with van der Waals surface area (Å²) in [7, 11) is -3.50. The third-order valence-corrected chi connectivity index (χ3v) is 7.58. The third kappa shape index (κ3) is 4.34. The number of nitrogens with one attached hydrogen (secondary N) is 1. The zero-order valence-corrected chi connectivity index (χ0v) is 17.7. The van der Waals surface area contributed by atoms with Crippen LogP contribution >= 0.6 is 0 Å². The Morgan fingerprint density at radius 2 is 1.63 bits per heavy atom. The van der Waals surface area contributed by atoms with Gasteiger partial charge in [0.2, 0.25) is 15.9 Å². The summed E-state index contributed by atoms with van der Waals surface area (Å²) in [4.78, 5) is 25.1. The van der Waals surface area contributed by atoms with Crippen molar-refractivity contribution >= 4 is 21.6 Å². The highest BCUT2D eigenvalue weighted by molar-refractivity contribution is 7.89. The van der Waals surface area contributed by atoms with E-state index in [2.05, 4.69) is 10.4 Å². The van der Waals surface area contributed by atoms with Crippen molar-refractivity contribution in [3.63, 3.8) is 0 Å². The number of aromatic nitrogens is 3. The summed E-state index contributed by atoms with van der Waals surface area (Å²) in [5.41, 5.74) is 0.219. The minimum atomic E-state index is -3.50. The summed E-state index contributed by atoms with van der Waals surface area (Å²) in [5, 5.41) is 7.02. The Morgan fingerprint density at radius 1 is 0.967 bits per heavy atom. The standard InChI is InChI=1S/C20H27N5O4S/c26-19(15-25-20(27)24-14-6-1-3-7-18(24)22-25)21-16-8-10-17(11-9-16)30(28,29)23-12-4-2-5-13-23/h8-11H,1-7,12-15H2,(H,21,26). The fourth-order valence-electron chi connectivity index (χ4n) is 4.03. The average molecular weight is 434 g/mol. The zero-order valence-electron chi connectivity index (χ0n) is 16.9. The summed E-state index contributed by atoms with van der Waals surface area (Å²) >= 11 is 0. The molecule has 1 fully saturated rings. The molecule has 0 radical (unpaired) electrons. The molecule has 30 heavy (non-hydrogen) atoms. The fraction of sp³-hybridized carbons (Fsp3) is 0.550. The predicted molar refractivity (Wildman–Crippen MR) is 112 cm³/mol. The van der Waals surface area contributed by atoms with Gasteiger partial charge in [-0.15, -0.1) is 0 Å². The molecule has 1 N–H and O–H groups in total. The second kappa shape index (κ2) is 8.73. The van der Waals surface area contributed by atoms with Crippen LogP contribution in [0.25, 0.3) is 0 Å². The van der Waals surface area contributed by atoms with Crippen LogP contribution in [0.15, 0.2) is 34.0 Å². The number of benzene rings is 1.